The number of unbranched alkanes of at least 4 members (excludes halogenated alkanes) is 7. The van der Waals surface area contributed by atoms with Gasteiger partial charge in [-0.2, -0.15) is 0 Å². The van der Waals surface area contributed by atoms with Gasteiger partial charge in [0.2, 0.25) is 5.91 Å². The average Bonchev–Trinajstić information content (AvgIpc) is 2.94. The van der Waals surface area contributed by atoms with Crippen molar-refractivity contribution >= 4 is 17.8 Å². The van der Waals surface area contributed by atoms with Crippen molar-refractivity contribution in [1.82, 2.24) is 5.32 Å². The molecule has 244 valence electrons. The second-order valence-electron chi connectivity index (χ2n) is 10.6. The smallest absolute Gasteiger partial charge is 0.329 e. The van der Waals surface area contributed by atoms with E-state index in [4.69, 9.17) is 29.2 Å². The molecule has 2 rings (SSSR count). The molecule has 10 atom stereocenters. The Hall–Kier alpha value is -1.99. The third-order valence-corrected chi connectivity index (χ3v) is 7.20. The zero-order valence-corrected chi connectivity index (χ0v) is 23.4. The standard InChI is InChI=1S/C26H45NO15/c28-12-15-20(35)24(39-13-18(32)33)23(38)26(41-15)42-25-22(37)21(36)19(34)14(40-25)11-27-16(29)9-7-5-3-1-2-4-6-8-10-17(30)31/h14-15,19-26,28,34-38H,1-13H2,(H,27,29)(H,30,31)(H,32,33)/t14-,15-,19-,20+,21+,22+,23-,24+,25-,26+/m1/s1. The SMILES string of the molecule is O=C(O)CCCCCCCCCCC(=O)NC[C@H]1O[C@H](O[C@@H]2O[C@H](CO)[C@H](O)[C@H](OCC(=O)O)[C@H]2O)[C@@H](O)[C@@H](O)[C@@H]1O. The van der Waals surface area contributed by atoms with Crippen LogP contribution in [0.3, 0.4) is 0 Å². The number of hydrogen-bond donors (Lipinski definition) is 9. The van der Waals surface area contributed by atoms with Crippen LogP contribution in [0.4, 0.5) is 0 Å². The highest BCUT2D eigenvalue weighted by Crippen LogP contribution is 2.29. The molecule has 0 spiro atoms. The number of nitrogens with one attached hydrogen (secondary N) is 1. The zero-order valence-electron chi connectivity index (χ0n) is 23.4. The summed E-state index contributed by atoms with van der Waals surface area (Å²) in [6.07, 6.45) is -8.82. The van der Waals surface area contributed by atoms with Crippen LogP contribution in [0.25, 0.3) is 0 Å². The van der Waals surface area contributed by atoms with E-state index in [1.165, 1.54) is 0 Å². The molecule has 0 aromatic rings. The molecule has 16 nitrogen and oxygen atoms in total. The monoisotopic (exact) mass is 611 g/mol. The van der Waals surface area contributed by atoms with Gasteiger partial charge in [-0.15, -0.1) is 0 Å². The van der Waals surface area contributed by atoms with Crippen molar-refractivity contribution in [1.29, 1.82) is 0 Å². The summed E-state index contributed by atoms with van der Waals surface area (Å²) in [5, 5.41) is 81.5. The first-order valence-electron chi connectivity index (χ1n) is 14.3. The summed E-state index contributed by atoms with van der Waals surface area (Å²) in [5.41, 5.74) is 0. The van der Waals surface area contributed by atoms with Crippen LogP contribution in [0.5, 0.6) is 0 Å². The largest absolute Gasteiger partial charge is 0.481 e. The van der Waals surface area contributed by atoms with E-state index in [-0.39, 0.29) is 25.3 Å². The fourth-order valence-corrected chi connectivity index (χ4v) is 4.79. The van der Waals surface area contributed by atoms with Crippen molar-refractivity contribution < 1.29 is 74.2 Å². The van der Waals surface area contributed by atoms with E-state index in [2.05, 4.69) is 5.32 Å². The number of ether oxygens (including phenoxy) is 4. The second kappa shape index (κ2) is 18.6. The Kier molecular flexibility index (Phi) is 16.1. The van der Waals surface area contributed by atoms with Gasteiger partial charge in [0, 0.05) is 19.4 Å². The summed E-state index contributed by atoms with van der Waals surface area (Å²) in [6.45, 7) is -1.87. The highest BCUT2D eigenvalue weighted by Gasteiger charge is 2.50. The van der Waals surface area contributed by atoms with Gasteiger partial charge in [-0.25, -0.2) is 4.79 Å². The van der Waals surface area contributed by atoms with Crippen molar-refractivity contribution in [2.45, 2.75) is 126 Å². The number of hydrogen-bond acceptors (Lipinski definition) is 13. The number of aliphatic hydroxyl groups is 6. The first-order chi connectivity index (χ1) is 20.0. The van der Waals surface area contributed by atoms with E-state index in [9.17, 15) is 45.0 Å². The van der Waals surface area contributed by atoms with Gasteiger partial charge >= 0.3 is 11.9 Å². The fraction of sp³-hybridized carbons (Fsp3) is 0.885. The van der Waals surface area contributed by atoms with E-state index in [1.807, 2.05) is 0 Å². The number of carboxylic acid groups (broad SMARTS) is 2. The van der Waals surface area contributed by atoms with Gasteiger partial charge in [-0.1, -0.05) is 38.5 Å². The molecule has 42 heavy (non-hydrogen) atoms. The van der Waals surface area contributed by atoms with Crippen LogP contribution in [0, 0.1) is 0 Å². The molecule has 2 aliphatic heterocycles. The second-order valence-corrected chi connectivity index (χ2v) is 10.6. The lowest BCUT2D eigenvalue weighted by Gasteiger charge is -2.45. The Balaban J connectivity index is 1.79. The highest BCUT2D eigenvalue weighted by molar-refractivity contribution is 5.75. The van der Waals surface area contributed by atoms with E-state index < -0.39 is 86.6 Å². The summed E-state index contributed by atoms with van der Waals surface area (Å²) < 4.78 is 21.4. The summed E-state index contributed by atoms with van der Waals surface area (Å²) >= 11 is 0. The molecule has 2 aliphatic rings. The molecule has 0 radical (unpaired) electrons. The van der Waals surface area contributed by atoms with Crippen molar-refractivity contribution in [2.75, 3.05) is 19.8 Å². The molecule has 16 heteroatoms. The van der Waals surface area contributed by atoms with E-state index in [0.29, 0.717) is 12.8 Å². The topological polar surface area (TPSA) is 262 Å². The molecule has 0 bridgehead atoms. The Labute approximate surface area is 243 Å². The van der Waals surface area contributed by atoms with Crippen LogP contribution >= 0.6 is 0 Å². The third-order valence-electron chi connectivity index (χ3n) is 7.20. The van der Waals surface area contributed by atoms with Gasteiger partial charge in [-0.05, 0) is 12.8 Å². The molecule has 0 aromatic carbocycles. The molecular weight excluding hydrogens is 566 g/mol. The lowest BCUT2D eigenvalue weighted by Crippen LogP contribution is -2.64. The molecule has 2 heterocycles. The first kappa shape index (κ1) is 36.2. The lowest BCUT2D eigenvalue weighted by molar-refractivity contribution is -0.376. The molecule has 1 amide bonds. The normalized spacial score (nSPS) is 33.3. The van der Waals surface area contributed by atoms with Crippen LogP contribution in [0.2, 0.25) is 0 Å². The number of carbonyl (C=O) groups is 3. The molecular formula is C26H45NO15. The maximum absolute atomic E-state index is 12.3. The van der Waals surface area contributed by atoms with Crippen molar-refractivity contribution in [3.63, 3.8) is 0 Å². The van der Waals surface area contributed by atoms with Gasteiger partial charge in [0.1, 0.15) is 55.4 Å². The van der Waals surface area contributed by atoms with Gasteiger partial charge in [0.05, 0.1) is 6.61 Å². The van der Waals surface area contributed by atoms with E-state index in [0.717, 1.165) is 38.5 Å². The molecule has 0 unspecified atom stereocenters. The summed E-state index contributed by atoms with van der Waals surface area (Å²) in [5.74, 6) is -2.48. The predicted octanol–water partition coefficient (Wildman–Crippen LogP) is -2.18. The molecule has 2 fully saturated rings. The Morgan fingerprint density at radius 2 is 1.19 bits per heavy atom. The molecule has 0 aliphatic carbocycles. The number of carbonyl (C=O) groups excluding carboxylic acids is 1. The third kappa shape index (κ3) is 11.6. The average molecular weight is 612 g/mol. The van der Waals surface area contributed by atoms with Gasteiger partial charge in [-0.3, -0.25) is 9.59 Å². The minimum Gasteiger partial charge on any atom is -0.481 e. The van der Waals surface area contributed by atoms with Crippen LogP contribution in [0.1, 0.15) is 64.2 Å². The maximum Gasteiger partial charge on any atom is 0.329 e. The van der Waals surface area contributed by atoms with Crippen LogP contribution in [-0.4, -0.2) is 140 Å². The highest BCUT2D eigenvalue weighted by atomic mass is 16.8. The Bertz CT molecular complexity index is 832. The maximum atomic E-state index is 12.3. The van der Waals surface area contributed by atoms with Gasteiger partial charge in [0.15, 0.2) is 12.6 Å². The Morgan fingerprint density at radius 1 is 0.643 bits per heavy atom. The minimum atomic E-state index is -1.82. The summed E-state index contributed by atoms with van der Waals surface area (Å²) in [6, 6.07) is 0. The summed E-state index contributed by atoms with van der Waals surface area (Å²) in [4.78, 5) is 33.6. The molecule has 9 N–H and O–H groups in total. The van der Waals surface area contributed by atoms with Crippen LogP contribution < -0.4 is 5.32 Å². The van der Waals surface area contributed by atoms with E-state index >= 15 is 0 Å². The number of rotatable bonds is 19. The van der Waals surface area contributed by atoms with Crippen molar-refractivity contribution in [2.24, 2.45) is 0 Å². The molecule has 2 saturated heterocycles. The lowest BCUT2D eigenvalue weighted by atomic mass is 9.97. The van der Waals surface area contributed by atoms with Gasteiger partial charge < -0.3 is 65.1 Å². The molecule has 0 saturated carbocycles. The molecule has 0 aromatic heterocycles. The van der Waals surface area contributed by atoms with Crippen LogP contribution in [0.15, 0.2) is 0 Å². The number of aliphatic hydroxyl groups excluding tert-OH is 6. The minimum absolute atomic E-state index is 0.186. The Morgan fingerprint density at radius 3 is 1.76 bits per heavy atom. The van der Waals surface area contributed by atoms with Gasteiger partial charge in [0.25, 0.3) is 0 Å². The number of carboxylic acids is 2. The quantitative estimate of drug-likeness (QED) is 0.0703. The van der Waals surface area contributed by atoms with Crippen molar-refractivity contribution in [3.05, 3.63) is 0 Å². The zero-order chi connectivity index (χ0) is 31.2. The number of amides is 1. The van der Waals surface area contributed by atoms with Crippen LogP contribution in [-0.2, 0) is 33.3 Å². The first-order valence-corrected chi connectivity index (χ1v) is 14.3. The summed E-state index contributed by atoms with van der Waals surface area (Å²) in [7, 11) is 0. The predicted molar refractivity (Wildman–Crippen MR) is 140 cm³/mol. The van der Waals surface area contributed by atoms with Crippen molar-refractivity contribution in [3.8, 4) is 0 Å². The fourth-order valence-electron chi connectivity index (χ4n) is 4.79. The van der Waals surface area contributed by atoms with E-state index in [1.54, 1.807) is 0 Å². The number of aliphatic carboxylic acids is 2.